The van der Waals surface area contributed by atoms with Gasteiger partial charge in [0.05, 0.1) is 18.5 Å². The van der Waals surface area contributed by atoms with Gasteiger partial charge in [-0.05, 0) is 41.5 Å². The molecule has 0 atom stereocenters. The van der Waals surface area contributed by atoms with Gasteiger partial charge in [0.25, 0.3) is 5.91 Å². The maximum atomic E-state index is 13.4. The Balaban J connectivity index is 1.59. The largest absolute Gasteiger partial charge is 0.497 e. The van der Waals surface area contributed by atoms with Crippen molar-refractivity contribution in [2.45, 2.75) is 33.1 Å². The number of hydrogen-bond donors (Lipinski definition) is 2. The van der Waals surface area contributed by atoms with E-state index in [9.17, 15) is 9.59 Å². The minimum atomic E-state index is -0.225. The number of methoxy groups -OCH3 is 1. The van der Waals surface area contributed by atoms with Crippen molar-refractivity contribution in [1.29, 1.82) is 0 Å². The molecule has 1 aliphatic carbocycles. The summed E-state index contributed by atoms with van der Waals surface area (Å²) in [6.07, 6.45) is 1.85. The SMILES string of the molecule is COc1ccc(-c2c3c(nc4sc(C(=O)NCCc5ccccc5)c(N)c24)CC(C)(C)CC3=O)cc1. The molecule has 1 amide bonds. The smallest absolute Gasteiger partial charge is 0.263 e. The highest BCUT2D eigenvalue weighted by molar-refractivity contribution is 7.21. The van der Waals surface area contributed by atoms with E-state index in [1.54, 1.807) is 7.11 Å². The summed E-state index contributed by atoms with van der Waals surface area (Å²) in [6, 6.07) is 17.6. The number of ketones is 1. The molecule has 2 heterocycles. The summed E-state index contributed by atoms with van der Waals surface area (Å²) in [6.45, 7) is 4.67. The van der Waals surface area contributed by atoms with Crippen molar-refractivity contribution in [1.82, 2.24) is 10.3 Å². The van der Waals surface area contributed by atoms with Gasteiger partial charge in [-0.3, -0.25) is 9.59 Å². The van der Waals surface area contributed by atoms with Gasteiger partial charge in [-0.25, -0.2) is 4.98 Å². The highest BCUT2D eigenvalue weighted by Crippen LogP contribution is 2.46. The molecular formula is C29H29N3O3S. The number of pyridine rings is 1. The lowest BCUT2D eigenvalue weighted by atomic mass is 9.73. The number of nitrogens with two attached hydrogens (primary N) is 1. The summed E-state index contributed by atoms with van der Waals surface area (Å²) >= 11 is 1.28. The first-order valence-corrected chi connectivity index (χ1v) is 12.8. The molecule has 5 rings (SSSR count). The molecule has 0 unspecified atom stereocenters. The molecule has 0 bridgehead atoms. The normalized spacial score (nSPS) is 14.5. The summed E-state index contributed by atoms with van der Waals surface area (Å²) < 4.78 is 5.33. The third-order valence-electron chi connectivity index (χ3n) is 6.64. The Morgan fingerprint density at radius 2 is 1.81 bits per heavy atom. The molecule has 3 N–H and O–H groups in total. The van der Waals surface area contributed by atoms with Gasteiger partial charge in [-0.1, -0.05) is 56.3 Å². The van der Waals surface area contributed by atoms with Crippen LogP contribution in [-0.2, 0) is 12.8 Å². The van der Waals surface area contributed by atoms with Crippen molar-refractivity contribution < 1.29 is 14.3 Å². The van der Waals surface area contributed by atoms with Crippen LogP contribution in [0, 0.1) is 5.41 Å². The summed E-state index contributed by atoms with van der Waals surface area (Å²) in [7, 11) is 1.62. The zero-order valence-electron chi connectivity index (χ0n) is 20.7. The molecule has 6 nitrogen and oxygen atoms in total. The van der Waals surface area contributed by atoms with Crippen LogP contribution in [-0.4, -0.2) is 30.3 Å². The van der Waals surface area contributed by atoms with E-state index in [2.05, 4.69) is 19.2 Å². The topological polar surface area (TPSA) is 94.3 Å². The van der Waals surface area contributed by atoms with E-state index >= 15 is 0 Å². The second-order valence-electron chi connectivity index (χ2n) is 9.99. The number of nitrogens with zero attached hydrogens (tertiary/aromatic N) is 1. The van der Waals surface area contributed by atoms with Crippen LogP contribution >= 0.6 is 11.3 Å². The monoisotopic (exact) mass is 499 g/mol. The Morgan fingerprint density at radius 3 is 2.50 bits per heavy atom. The van der Waals surface area contributed by atoms with Gasteiger partial charge in [-0.15, -0.1) is 11.3 Å². The van der Waals surface area contributed by atoms with Crippen LogP contribution < -0.4 is 15.8 Å². The van der Waals surface area contributed by atoms with E-state index < -0.39 is 0 Å². The molecule has 36 heavy (non-hydrogen) atoms. The third kappa shape index (κ3) is 4.46. The molecule has 1 aliphatic rings. The van der Waals surface area contributed by atoms with Crippen molar-refractivity contribution in [3.8, 4) is 16.9 Å². The second kappa shape index (κ2) is 9.39. The molecule has 2 aromatic carbocycles. The van der Waals surface area contributed by atoms with Crippen molar-refractivity contribution >= 4 is 38.9 Å². The fourth-order valence-corrected chi connectivity index (χ4v) is 5.97. The predicted octanol–water partition coefficient (Wildman–Crippen LogP) is 5.68. The minimum absolute atomic E-state index is 0.0564. The van der Waals surface area contributed by atoms with Gasteiger partial charge in [-0.2, -0.15) is 0 Å². The number of benzene rings is 2. The summed E-state index contributed by atoms with van der Waals surface area (Å²) in [5.74, 6) is 0.555. The average Bonchev–Trinajstić information content (AvgIpc) is 3.18. The first kappa shape index (κ1) is 24.0. The van der Waals surface area contributed by atoms with Gasteiger partial charge in [0, 0.05) is 29.5 Å². The molecule has 7 heteroatoms. The molecule has 184 valence electrons. The molecule has 0 saturated carbocycles. The Hall–Kier alpha value is -3.71. The van der Waals surface area contributed by atoms with Gasteiger partial charge >= 0.3 is 0 Å². The maximum Gasteiger partial charge on any atom is 0.263 e. The number of rotatable bonds is 6. The molecule has 2 aromatic heterocycles. The van der Waals surface area contributed by atoms with E-state index in [4.69, 9.17) is 15.5 Å². The number of nitrogens with one attached hydrogen (secondary N) is 1. The minimum Gasteiger partial charge on any atom is -0.497 e. The van der Waals surface area contributed by atoms with Crippen molar-refractivity contribution in [3.63, 3.8) is 0 Å². The first-order chi connectivity index (χ1) is 17.3. The molecular weight excluding hydrogens is 470 g/mol. The van der Waals surface area contributed by atoms with E-state index in [1.165, 1.54) is 11.3 Å². The average molecular weight is 500 g/mol. The van der Waals surface area contributed by atoms with Crippen LogP contribution in [0.5, 0.6) is 5.75 Å². The summed E-state index contributed by atoms with van der Waals surface area (Å²) in [5, 5.41) is 3.67. The number of hydrogen-bond acceptors (Lipinski definition) is 6. The third-order valence-corrected chi connectivity index (χ3v) is 7.74. The number of aromatic nitrogens is 1. The standard InChI is InChI=1S/C29H29N3O3S/c1-29(2)15-20-23(21(33)16-29)22(18-9-11-19(35-3)12-10-18)24-25(30)26(36-28(24)32-20)27(34)31-14-13-17-7-5-4-6-8-17/h4-12H,13-16,30H2,1-3H3,(H,31,34). The zero-order chi connectivity index (χ0) is 25.4. The fraction of sp³-hybridized carbons (Fsp3) is 0.276. The fourth-order valence-electron chi connectivity index (χ4n) is 4.93. The molecule has 0 saturated heterocycles. The molecule has 0 fully saturated rings. The number of thiophene rings is 1. The van der Waals surface area contributed by atoms with E-state index in [0.29, 0.717) is 45.7 Å². The lowest BCUT2D eigenvalue weighted by Crippen LogP contribution is -2.28. The first-order valence-electron chi connectivity index (χ1n) is 12.0. The zero-order valence-corrected chi connectivity index (χ0v) is 21.5. The Kier molecular flexibility index (Phi) is 6.26. The van der Waals surface area contributed by atoms with Crippen LogP contribution in [0.15, 0.2) is 54.6 Å². The van der Waals surface area contributed by atoms with Crippen LogP contribution in [0.1, 0.15) is 51.6 Å². The number of Topliss-reactive ketones (excluding diaryl/α,β-unsaturated/α-hetero) is 1. The highest BCUT2D eigenvalue weighted by atomic mass is 32.1. The van der Waals surface area contributed by atoms with Crippen LogP contribution in [0.2, 0.25) is 0 Å². The Labute approximate surface area is 214 Å². The van der Waals surface area contributed by atoms with Crippen molar-refractivity contribution in [2.75, 3.05) is 19.4 Å². The van der Waals surface area contributed by atoms with Crippen LogP contribution in [0.3, 0.4) is 0 Å². The number of anilines is 1. The predicted molar refractivity (Wildman–Crippen MR) is 145 cm³/mol. The molecule has 0 aliphatic heterocycles. The van der Waals surface area contributed by atoms with Gasteiger partial charge in [0.2, 0.25) is 0 Å². The van der Waals surface area contributed by atoms with E-state index in [1.807, 2.05) is 54.6 Å². The number of carbonyl (C=O) groups excluding carboxylic acids is 2. The number of nitrogen functional groups attached to an aromatic ring is 1. The maximum absolute atomic E-state index is 13.4. The second-order valence-corrected chi connectivity index (χ2v) is 11.0. The van der Waals surface area contributed by atoms with E-state index in [0.717, 1.165) is 34.6 Å². The lowest BCUT2D eigenvalue weighted by molar-refractivity contribution is 0.0910. The molecule has 0 radical (unpaired) electrons. The number of fused-ring (bicyclic) bond motifs is 2. The number of carbonyl (C=O) groups is 2. The summed E-state index contributed by atoms with van der Waals surface area (Å²) in [5.41, 5.74) is 11.0. The van der Waals surface area contributed by atoms with Crippen molar-refractivity contribution in [2.24, 2.45) is 5.41 Å². The summed E-state index contributed by atoms with van der Waals surface area (Å²) in [4.78, 5) is 32.6. The van der Waals surface area contributed by atoms with Crippen LogP contribution in [0.4, 0.5) is 5.69 Å². The Bertz CT molecular complexity index is 1460. The van der Waals surface area contributed by atoms with Gasteiger partial charge < -0.3 is 15.8 Å². The molecule has 4 aromatic rings. The molecule has 0 spiro atoms. The number of amides is 1. The number of ether oxygens (including phenoxy) is 1. The quantitative estimate of drug-likeness (QED) is 0.356. The van der Waals surface area contributed by atoms with Crippen molar-refractivity contribution in [3.05, 3.63) is 76.3 Å². The van der Waals surface area contributed by atoms with Gasteiger partial charge in [0.15, 0.2) is 5.78 Å². The highest BCUT2D eigenvalue weighted by Gasteiger charge is 2.36. The Morgan fingerprint density at radius 1 is 1.08 bits per heavy atom. The van der Waals surface area contributed by atoms with Gasteiger partial charge in [0.1, 0.15) is 15.5 Å². The van der Waals surface area contributed by atoms with Crippen LogP contribution in [0.25, 0.3) is 21.3 Å². The van der Waals surface area contributed by atoms with E-state index in [-0.39, 0.29) is 17.1 Å². The lowest BCUT2D eigenvalue weighted by Gasteiger charge is -2.31.